The highest BCUT2D eigenvalue weighted by Gasteiger charge is 2.29. The van der Waals surface area contributed by atoms with Gasteiger partial charge in [-0.3, -0.25) is 23.5 Å². The van der Waals surface area contributed by atoms with Crippen molar-refractivity contribution in [1.82, 2.24) is 39.2 Å². The minimum atomic E-state index is -0.641. The number of piperidine rings is 2. The number of aromatic nitrogens is 6. The molecule has 0 saturated carbocycles. The quantitative estimate of drug-likeness (QED) is 0.182. The Bertz CT molecular complexity index is 2740. The molecule has 0 spiro atoms. The fourth-order valence-electron chi connectivity index (χ4n) is 9.82. The van der Waals surface area contributed by atoms with E-state index in [0.29, 0.717) is 85.2 Å². The SMILES string of the molecule is Cc1nc2n(c(=O)c1CCN1CCC(c3noc4cc(F)ccc34)CC1)CCCC2=O.Cc1nc2n(c(=O)c1CCN1CCC(c3noc4cc(F)ccc34)CC1)CCCC2O. The lowest BCUT2D eigenvalue weighted by Crippen LogP contribution is -2.38. The summed E-state index contributed by atoms with van der Waals surface area (Å²) in [6.07, 6.45) is 7.05. The second-order valence-corrected chi connectivity index (χ2v) is 17.3. The Kier molecular flexibility index (Phi) is 12.0. The minimum Gasteiger partial charge on any atom is -0.385 e. The zero-order valence-corrected chi connectivity index (χ0v) is 35.2. The molecule has 2 saturated heterocycles. The van der Waals surface area contributed by atoms with Crippen LogP contribution in [-0.2, 0) is 25.9 Å². The van der Waals surface area contributed by atoms with Gasteiger partial charge < -0.3 is 24.0 Å². The molecule has 62 heavy (non-hydrogen) atoms. The average Bonchev–Trinajstić information content (AvgIpc) is 3.89. The Balaban J connectivity index is 0.000000158. The third-order valence-electron chi connectivity index (χ3n) is 13.4. The first-order valence-corrected chi connectivity index (χ1v) is 22.0. The van der Waals surface area contributed by atoms with Gasteiger partial charge in [-0.2, -0.15) is 0 Å². The number of nitrogens with zero attached hydrogens (tertiary/aromatic N) is 8. The molecule has 1 unspecified atom stereocenters. The molecule has 0 amide bonds. The summed E-state index contributed by atoms with van der Waals surface area (Å²) in [6, 6.07) is 9.14. The van der Waals surface area contributed by atoms with Crippen molar-refractivity contribution in [2.75, 3.05) is 39.3 Å². The van der Waals surface area contributed by atoms with E-state index in [0.717, 1.165) is 105 Å². The van der Waals surface area contributed by atoms with E-state index in [4.69, 9.17) is 9.05 Å². The Labute approximate surface area is 356 Å². The van der Waals surface area contributed by atoms with Crippen LogP contribution in [0, 0.1) is 25.5 Å². The first-order chi connectivity index (χ1) is 30.0. The molecule has 14 nitrogen and oxygen atoms in total. The van der Waals surface area contributed by atoms with E-state index in [1.807, 2.05) is 13.8 Å². The zero-order valence-electron chi connectivity index (χ0n) is 35.2. The molecule has 4 aliphatic heterocycles. The summed E-state index contributed by atoms with van der Waals surface area (Å²) >= 11 is 0. The van der Waals surface area contributed by atoms with Crippen molar-refractivity contribution in [3.8, 4) is 0 Å². The fraction of sp³-hybridized carbons (Fsp3) is 0.500. The Morgan fingerprint density at radius 1 is 0.661 bits per heavy atom. The normalized spacial score (nSPS) is 19.1. The molecular weight excluding hydrogens is 799 g/mol. The highest BCUT2D eigenvalue weighted by atomic mass is 19.1. The Morgan fingerprint density at radius 3 is 1.71 bits per heavy atom. The zero-order chi connectivity index (χ0) is 43.1. The molecule has 1 N–H and O–H groups in total. The van der Waals surface area contributed by atoms with E-state index >= 15 is 0 Å². The molecule has 2 fully saturated rings. The second-order valence-electron chi connectivity index (χ2n) is 17.3. The first kappa shape index (κ1) is 41.9. The van der Waals surface area contributed by atoms with Crippen molar-refractivity contribution in [2.45, 2.75) is 109 Å². The molecule has 0 aliphatic carbocycles. The van der Waals surface area contributed by atoms with Crippen molar-refractivity contribution in [2.24, 2.45) is 0 Å². The first-order valence-electron chi connectivity index (χ1n) is 22.0. The number of hydrogen-bond acceptors (Lipinski definition) is 12. The maximum atomic E-state index is 13.4. The van der Waals surface area contributed by atoms with Crippen LogP contribution in [0.3, 0.4) is 0 Å². The van der Waals surface area contributed by atoms with Gasteiger partial charge in [0.25, 0.3) is 11.1 Å². The molecule has 2 aromatic carbocycles. The lowest BCUT2D eigenvalue weighted by Gasteiger charge is -2.31. The molecule has 4 aromatic heterocycles. The number of rotatable bonds is 8. The highest BCUT2D eigenvalue weighted by molar-refractivity contribution is 5.93. The number of aliphatic hydroxyl groups excluding tert-OH is 1. The molecule has 8 heterocycles. The van der Waals surface area contributed by atoms with Crippen molar-refractivity contribution < 1.29 is 27.7 Å². The van der Waals surface area contributed by atoms with E-state index in [1.54, 1.807) is 21.3 Å². The number of hydrogen-bond donors (Lipinski definition) is 1. The Hall–Kier alpha value is -5.45. The Morgan fingerprint density at radius 2 is 1.16 bits per heavy atom. The summed E-state index contributed by atoms with van der Waals surface area (Å²) in [5, 5.41) is 20.4. The predicted octanol–water partition coefficient (Wildman–Crippen LogP) is 6.31. The number of carbonyl (C=O) groups is 1. The van der Waals surface area contributed by atoms with Gasteiger partial charge in [0.05, 0.1) is 11.4 Å². The summed E-state index contributed by atoms with van der Waals surface area (Å²) in [5.74, 6) is 0.730. The van der Waals surface area contributed by atoms with E-state index in [2.05, 4.69) is 30.1 Å². The van der Waals surface area contributed by atoms with Crippen molar-refractivity contribution in [1.29, 1.82) is 0 Å². The second kappa shape index (κ2) is 17.7. The largest absolute Gasteiger partial charge is 0.385 e. The van der Waals surface area contributed by atoms with Gasteiger partial charge in [0, 0.05) is 89.9 Å². The number of carbonyl (C=O) groups excluding carboxylic acids is 1. The number of fused-ring (bicyclic) bond motifs is 4. The van der Waals surface area contributed by atoms with Crippen molar-refractivity contribution >= 4 is 27.7 Å². The van der Waals surface area contributed by atoms with Crippen LogP contribution < -0.4 is 11.1 Å². The molecule has 0 radical (unpaired) electrons. The molecular formula is C46H52F2N8O6. The lowest BCUT2D eigenvalue weighted by atomic mass is 9.91. The van der Waals surface area contributed by atoms with Gasteiger partial charge in [0.15, 0.2) is 22.8 Å². The smallest absolute Gasteiger partial charge is 0.257 e. The number of aryl methyl sites for hydroxylation is 2. The summed E-state index contributed by atoms with van der Waals surface area (Å²) in [5.41, 5.74) is 5.62. The predicted molar refractivity (Wildman–Crippen MR) is 226 cm³/mol. The molecule has 4 aliphatic rings. The van der Waals surface area contributed by atoms with Gasteiger partial charge in [-0.25, -0.2) is 18.7 Å². The molecule has 0 bridgehead atoms. The van der Waals surface area contributed by atoms with E-state index in [1.165, 1.54) is 24.3 Å². The maximum absolute atomic E-state index is 13.4. The number of aliphatic hydroxyl groups is 1. The van der Waals surface area contributed by atoms with Gasteiger partial charge in [-0.1, -0.05) is 10.3 Å². The molecule has 10 rings (SSSR count). The number of likely N-dealkylation sites (tertiary alicyclic amines) is 2. The van der Waals surface area contributed by atoms with E-state index in [9.17, 15) is 28.3 Å². The van der Waals surface area contributed by atoms with Crippen LogP contribution in [0.15, 0.2) is 55.0 Å². The number of halogens is 2. The number of Topliss-reactive ketones (excluding diaryl/α,β-unsaturated/α-hetero) is 1. The number of ketones is 1. The van der Waals surface area contributed by atoms with E-state index in [-0.39, 0.29) is 34.5 Å². The monoisotopic (exact) mass is 850 g/mol. The van der Waals surface area contributed by atoms with Crippen LogP contribution in [0.2, 0.25) is 0 Å². The van der Waals surface area contributed by atoms with Crippen LogP contribution in [0.4, 0.5) is 8.78 Å². The topological polar surface area (TPSA) is 166 Å². The third-order valence-corrected chi connectivity index (χ3v) is 13.4. The van der Waals surface area contributed by atoms with Crippen molar-refractivity contribution in [3.05, 3.63) is 114 Å². The molecule has 16 heteroatoms. The van der Waals surface area contributed by atoms with Gasteiger partial charge in [-0.05, 0) is 122 Å². The summed E-state index contributed by atoms with van der Waals surface area (Å²) in [7, 11) is 0. The van der Waals surface area contributed by atoms with Crippen LogP contribution in [0.25, 0.3) is 21.9 Å². The van der Waals surface area contributed by atoms with Gasteiger partial charge in [-0.15, -0.1) is 0 Å². The molecule has 6 aromatic rings. The van der Waals surface area contributed by atoms with Gasteiger partial charge >= 0.3 is 0 Å². The number of benzene rings is 2. The van der Waals surface area contributed by atoms with E-state index < -0.39 is 6.10 Å². The average molecular weight is 851 g/mol. The standard InChI is InChI=1S/C23H27FN4O3.C23H25FN4O3/c2*1-14-17(23(30)28-9-2-3-19(29)22(28)25-14)8-12-27-10-6-15(7-11-27)21-18-5-4-16(24)13-20(18)31-26-21/h4-5,13,15,19,29H,2-3,6-12H2,1H3;4-5,13,15H,2-3,6-12H2,1H3. The lowest BCUT2D eigenvalue weighted by molar-refractivity contribution is 0.0945. The van der Waals surface area contributed by atoms with Crippen LogP contribution >= 0.6 is 0 Å². The minimum absolute atomic E-state index is 0.00237. The van der Waals surface area contributed by atoms with Crippen LogP contribution in [0.1, 0.15) is 120 Å². The molecule has 326 valence electrons. The van der Waals surface area contributed by atoms with Gasteiger partial charge in [0.2, 0.25) is 0 Å². The van der Waals surface area contributed by atoms with Crippen molar-refractivity contribution in [3.63, 3.8) is 0 Å². The molecule has 1 atom stereocenters. The summed E-state index contributed by atoms with van der Waals surface area (Å²) < 4.78 is 40.7. The summed E-state index contributed by atoms with van der Waals surface area (Å²) in [4.78, 5) is 51.7. The van der Waals surface area contributed by atoms with Crippen LogP contribution in [0.5, 0.6) is 0 Å². The summed E-state index contributed by atoms with van der Waals surface area (Å²) in [6.45, 7) is 10.1. The van der Waals surface area contributed by atoms with Gasteiger partial charge in [0.1, 0.15) is 23.6 Å². The maximum Gasteiger partial charge on any atom is 0.257 e. The highest BCUT2D eigenvalue weighted by Crippen LogP contribution is 2.34. The fourth-order valence-corrected chi connectivity index (χ4v) is 9.82. The third kappa shape index (κ3) is 8.39. The van der Waals surface area contributed by atoms with Crippen LogP contribution in [-0.4, -0.2) is 89.4 Å².